The van der Waals surface area contributed by atoms with E-state index in [4.69, 9.17) is 0 Å². The summed E-state index contributed by atoms with van der Waals surface area (Å²) in [6.45, 7) is 15.3. The summed E-state index contributed by atoms with van der Waals surface area (Å²) in [6.07, 6.45) is 75.2. The first kappa shape index (κ1) is 60.0. The minimum absolute atomic E-state index is 1.37. The number of quaternary nitrogens is 1. The van der Waals surface area contributed by atoms with Gasteiger partial charge in [-0.2, -0.15) is 0 Å². The number of unbranched alkanes of at least 4 members (excludes halogenated alkanes) is 47. The number of hydrogen-bond donors (Lipinski definition) is 0. The van der Waals surface area contributed by atoms with Crippen molar-refractivity contribution in [2.75, 3.05) is 26.2 Å². The number of nitrogens with zero attached hydrogens (tertiary/aromatic N) is 1. The maximum absolute atomic E-state index is 2.36. The third-order valence-electron chi connectivity index (χ3n) is 14.7. The predicted molar refractivity (Wildman–Crippen MR) is 278 cm³/mol. The van der Waals surface area contributed by atoms with Gasteiger partial charge in [-0.05, 0) is 51.4 Å². The van der Waals surface area contributed by atoms with Crippen LogP contribution in [0.3, 0.4) is 0 Å². The Labute approximate surface area is 384 Å². The monoisotopic (exact) mass is 845 g/mol. The fourth-order valence-corrected chi connectivity index (χ4v) is 10.4. The summed E-state index contributed by atoms with van der Waals surface area (Å²) in [5.41, 5.74) is 0. The summed E-state index contributed by atoms with van der Waals surface area (Å²) in [5, 5.41) is 0. The summed E-state index contributed by atoms with van der Waals surface area (Å²) in [7, 11) is 0. The van der Waals surface area contributed by atoms with E-state index in [0.717, 1.165) is 0 Å². The molecule has 0 aliphatic heterocycles. The third-order valence-corrected chi connectivity index (χ3v) is 14.7. The molecule has 0 aliphatic rings. The Morgan fingerprint density at radius 2 is 0.233 bits per heavy atom. The molecule has 0 aromatic rings. The SMILES string of the molecule is CCCCCCCCCCCCCCCCCC[N+](CCCCCCCCC)(CCCCCCCCCCCCCCCC)CCCCCCCCCCCCCCCC. The number of hydrogen-bond acceptors (Lipinski definition) is 0. The largest absolute Gasteiger partial charge is 0.324 e. The highest BCUT2D eigenvalue weighted by Crippen LogP contribution is 2.22. The Bertz CT molecular complexity index is 697. The van der Waals surface area contributed by atoms with Crippen molar-refractivity contribution < 1.29 is 4.48 Å². The second-order valence-corrected chi connectivity index (χ2v) is 20.9. The Morgan fingerprint density at radius 3 is 0.350 bits per heavy atom. The van der Waals surface area contributed by atoms with Crippen LogP contribution in [-0.4, -0.2) is 30.7 Å². The molecule has 1 heteroatoms. The van der Waals surface area contributed by atoms with Crippen LogP contribution in [0.2, 0.25) is 0 Å². The highest BCUT2D eigenvalue weighted by Gasteiger charge is 2.25. The summed E-state index contributed by atoms with van der Waals surface area (Å²) in [5.74, 6) is 0. The second-order valence-electron chi connectivity index (χ2n) is 20.9. The van der Waals surface area contributed by atoms with Gasteiger partial charge in [0.2, 0.25) is 0 Å². The predicted octanol–water partition coefficient (Wildman–Crippen LogP) is 21.8. The van der Waals surface area contributed by atoms with Gasteiger partial charge in [-0.25, -0.2) is 0 Å². The average Bonchev–Trinajstić information content (AvgIpc) is 3.26. The maximum atomic E-state index is 2.36. The van der Waals surface area contributed by atoms with Crippen molar-refractivity contribution in [1.82, 2.24) is 0 Å². The topological polar surface area (TPSA) is 0 Å². The normalized spacial score (nSPS) is 12.0. The highest BCUT2D eigenvalue weighted by molar-refractivity contribution is 4.57. The van der Waals surface area contributed by atoms with Crippen molar-refractivity contribution in [3.05, 3.63) is 0 Å². The van der Waals surface area contributed by atoms with E-state index < -0.39 is 0 Å². The molecule has 0 bridgehead atoms. The molecule has 0 spiro atoms. The molecule has 0 rings (SSSR count). The zero-order chi connectivity index (χ0) is 43.4. The quantitative estimate of drug-likeness (QED) is 0.0423. The molecule has 0 amide bonds. The smallest absolute Gasteiger partial charge is 0.0786 e. The van der Waals surface area contributed by atoms with Crippen LogP contribution in [0.4, 0.5) is 0 Å². The molecule has 0 saturated heterocycles. The molecule has 60 heavy (non-hydrogen) atoms. The van der Waals surface area contributed by atoms with Gasteiger partial charge >= 0.3 is 0 Å². The van der Waals surface area contributed by atoms with Gasteiger partial charge < -0.3 is 4.48 Å². The lowest BCUT2D eigenvalue weighted by Gasteiger charge is -2.40. The molecule has 0 unspecified atom stereocenters. The molecule has 0 fully saturated rings. The first-order chi connectivity index (χ1) is 29.7. The fraction of sp³-hybridized carbons (Fsp3) is 1.00. The Morgan fingerprint density at radius 1 is 0.133 bits per heavy atom. The van der Waals surface area contributed by atoms with E-state index in [9.17, 15) is 0 Å². The van der Waals surface area contributed by atoms with Crippen molar-refractivity contribution in [2.24, 2.45) is 0 Å². The van der Waals surface area contributed by atoms with E-state index in [1.807, 2.05) is 0 Å². The van der Waals surface area contributed by atoms with E-state index in [2.05, 4.69) is 27.7 Å². The van der Waals surface area contributed by atoms with E-state index >= 15 is 0 Å². The molecular formula is C59H122N+. The molecule has 362 valence electrons. The van der Waals surface area contributed by atoms with Crippen LogP contribution >= 0.6 is 0 Å². The lowest BCUT2D eigenvalue weighted by Crippen LogP contribution is -2.50. The van der Waals surface area contributed by atoms with Gasteiger partial charge in [0.15, 0.2) is 0 Å². The van der Waals surface area contributed by atoms with Crippen LogP contribution in [0.1, 0.15) is 355 Å². The summed E-state index contributed by atoms with van der Waals surface area (Å²) < 4.78 is 1.49. The van der Waals surface area contributed by atoms with Crippen molar-refractivity contribution in [1.29, 1.82) is 0 Å². The molecule has 0 radical (unpaired) electrons. The maximum Gasteiger partial charge on any atom is 0.0786 e. The van der Waals surface area contributed by atoms with E-state index in [0.29, 0.717) is 0 Å². The average molecular weight is 846 g/mol. The molecule has 0 heterocycles. The summed E-state index contributed by atoms with van der Waals surface area (Å²) in [6, 6.07) is 0. The molecule has 0 atom stereocenters. The van der Waals surface area contributed by atoms with Crippen molar-refractivity contribution in [2.45, 2.75) is 355 Å². The highest BCUT2D eigenvalue weighted by atomic mass is 15.3. The molecule has 0 aliphatic carbocycles. The van der Waals surface area contributed by atoms with Gasteiger partial charge in [0.25, 0.3) is 0 Å². The van der Waals surface area contributed by atoms with Crippen LogP contribution in [0.5, 0.6) is 0 Å². The van der Waals surface area contributed by atoms with Crippen LogP contribution in [0.15, 0.2) is 0 Å². The Hall–Kier alpha value is -0.0400. The van der Waals surface area contributed by atoms with Crippen LogP contribution in [0.25, 0.3) is 0 Å². The first-order valence-electron chi connectivity index (χ1n) is 29.6. The number of rotatable bonds is 55. The zero-order valence-electron chi connectivity index (χ0n) is 43.3. The van der Waals surface area contributed by atoms with Crippen LogP contribution in [0, 0.1) is 0 Å². The standard InChI is InChI=1S/C59H122N/c1-5-9-13-17-21-24-27-30-33-34-37-40-43-47-51-55-59-60(56-52-48-44-20-16-12-8-4,57-53-49-45-41-38-35-31-28-25-22-18-14-10-6-2)58-54-50-46-42-39-36-32-29-26-23-19-15-11-7-3/h5-59H2,1-4H3/q+1. The van der Waals surface area contributed by atoms with E-state index in [1.54, 1.807) is 0 Å². The van der Waals surface area contributed by atoms with Gasteiger partial charge in [0, 0.05) is 0 Å². The minimum atomic E-state index is 1.37. The Kier molecular flexibility index (Phi) is 53.3. The minimum Gasteiger partial charge on any atom is -0.324 e. The van der Waals surface area contributed by atoms with E-state index in [-0.39, 0.29) is 0 Å². The second kappa shape index (κ2) is 53.3. The molecule has 0 aromatic carbocycles. The Balaban J connectivity index is 4.76. The summed E-state index contributed by atoms with van der Waals surface area (Å²) in [4.78, 5) is 0. The van der Waals surface area contributed by atoms with Crippen LogP contribution < -0.4 is 0 Å². The third kappa shape index (κ3) is 47.4. The first-order valence-corrected chi connectivity index (χ1v) is 29.6. The summed E-state index contributed by atoms with van der Waals surface area (Å²) >= 11 is 0. The van der Waals surface area contributed by atoms with Gasteiger partial charge in [-0.15, -0.1) is 0 Å². The molecule has 0 aromatic heterocycles. The molecular weight excluding hydrogens is 723 g/mol. The van der Waals surface area contributed by atoms with Gasteiger partial charge in [-0.1, -0.05) is 304 Å². The van der Waals surface area contributed by atoms with Crippen LogP contribution in [-0.2, 0) is 0 Å². The van der Waals surface area contributed by atoms with Crippen molar-refractivity contribution >= 4 is 0 Å². The lowest BCUT2D eigenvalue weighted by molar-refractivity contribution is -0.929. The van der Waals surface area contributed by atoms with Gasteiger partial charge in [0.05, 0.1) is 26.2 Å². The molecule has 0 saturated carbocycles. The lowest BCUT2D eigenvalue weighted by atomic mass is 10.0. The molecule has 1 nitrogen and oxygen atoms in total. The van der Waals surface area contributed by atoms with Crippen molar-refractivity contribution in [3.8, 4) is 0 Å². The zero-order valence-corrected chi connectivity index (χ0v) is 43.3. The fourth-order valence-electron chi connectivity index (χ4n) is 10.4. The van der Waals surface area contributed by atoms with Gasteiger partial charge in [-0.3, -0.25) is 0 Å². The van der Waals surface area contributed by atoms with E-state index in [1.165, 1.54) is 358 Å². The molecule has 0 N–H and O–H groups in total. The van der Waals surface area contributed by atoms with Gasteiger partial charge in [0.1, 0.15) is 0 Å². The van der Waals surface area contributed by atoms with Crippen molar-refractivity contribution in [3.63, 3.8) is 0 Å².